The fraction of sp³-hybridized carbons (Fsp3) is 0.286. The molecule has 178 valence electrons. The van der Waals surface area contributed by atoms with Crippen molar-refractivity contribution in [1.82, 2.24) is 4.72 Å². The molecule has 0 spiro atoms. The van der Waals surface area contributed by atoms with E-state index in [9.17, 15) is 30.4 Å². The van der Waals surface area contributed by atoms with Gasteiger partial charge in [0.25, 0.3) is 15.9 Å². The predicted molar refractivity (Wildman–Crippen MR) is 117 cm³/mol. The Morgan fingerprint density at radius 3 is 2.30 bits per heavy atom. The van der Waals surface area contributed by atoms with Crippen LogP contribution in [0.2, 0.25) is 0 Å². The zero-order valence-electron chi connectivity index (χ0n) is 17.7. The number of ether oxygens (including phenoxy) is 1. The summed E-state index contributed by atoms with van der Waals surface area (Å²) in [5, 5.41) is 5.06. The van der Waals surface area contributed by atoms with Crippen molar-refractivity contribution >= 4 is 26.0 Å². The number of rotatable bonds is 8. The highest BCUT2D eigenvalue weighted by atomic mass is 32.2. The van der Waals surface area contributed by atoms with Crippen molar-refractivity contribution in [2.24, 2.45) is 11.1 Å². The number of halogens is 2. The first-order chi connectivity index (χ1) is 15.3. The Balaban J connectivity index is 2.39. The summed E-state index contributed by atoms with van der Waals surface area (Å²) in [4.78, 5) is 11.2. The maximum Gasteiger partial charge on any atom is 0.265 e. The van der Waals surface area contributed by atoms with Crippen LogP contribution in [0, 0.1) is 17.8 Å². The molecule has 12 heteroatoms. The average Bonchev–Trinajstić information content (AvgIpc) is 2.71. The van der Waals surface area contributed by atoms with E-state index in [1.165, 1.54) is 30.3 Å². The Bertz CT molecular complexity index is 1300. The Morgan fingerprint density at radius 1 is 1.09 bits per heavy atom. The maximum absolute atomic E-state index is 12.7. The number of primary sulfonamides is 1. The molecule has 0 aromatic heterocycles. The van der Waals surface area contributed by atoms with Crippen molar-refractivity contribution in [3.05, 3.63) is 53.6 Å². The lowest BCUT2D eigenvalue weighted by Gasteiger charge is -2.12. The molecule has 2 aromatic carbocycles. The molecule has 8 nitrogen and oxygen atoms in total. The van der Waals surface area contributed by atoms with Gasteiger partial charge in [-0.15, -0.1) is 0 Å². The van der Waals surface area contributed by atoms with Crippen LogP contribution in [0.25, 0.3) is 0 Å². The number of carbonyl (C=O) groups excluding carboxylic acids is 1. The van der Waals surface area contributed by atoms with Crippen LogP contribution in [0.4, 0.5) is 8.78 Å². The van der Waals surface area contributed by atoms with Gasteiger partial charge in [0.15, 0.2) is 0 Å². The first-order valence-electron chi connectivity index (χ1n) is 9.57. The third-order valence-corrected chi connectivity index (χ3v) is 6.49. The minimum absolute atomic E-state index is 0.00549. The molecule has 0 bridgehead atoms. The molecule has 0 atom stereocenters. The SMILES string of the molecule is CC(C)C#Cc1ccc(C(=O)NS(=O)(=O)c2ccccc2S(N)(=O)=O)cc1OCCC(F)F. The molecule has 0 radical (unpaired) electrons. The molecule has 0 saturated heterocycles. The maximum atomic E-state index is 12.7. The summed E-state index contributed by atoms with van der Waals surface area (Å²) in [7, 11) is -9.01. The van der Waals surface area contributed by atoms with Crippen molar-refractivity contribution in [3.8, 4) is 17.6 Å². The Morgan fingerprint density at radius 2 is 1.73 bits per heavy atom. The molecule has 0 aliphatic heterocycles. The summed E-state index contributed by atoms with van der Waals surface area (Å²) in [5.41, 5.74) is 0.158. The van der Waals surface area contributed by atoms with Crippen molar-refractivity contribution in [2.75, 3.05) is 6.61 Å². The zero-order chi connectivity index (χ0) is 24.8. The first kappa shape index (κ1) is 26.2. The minimum Gasteiger partial charge on any atom is -0.492 e. The van der Waals surface area contributed by atoms with Crippen LogP contribution in [0.1, 0.15) is 36.2 Å². The van der Waals surface area contributed by atoms with Crippen LogP contribution in [0.5, 0.6) is 5.75 Å². The second-order valence-electron chi connectivity index (χ2n) is 7.09. The summed E-state index contributed by atoms with van der Waals surface area (Å²) in [6.45, 7) is 3.34. The molecular weight excluding hydrogens is 478 g/mol. The molecule has 33 heavy (non-hydrogen) atoms. The lowest BCUT2D eigenvalue weighted by molar-refractivity contribution is 0.0978. The highest BCUT2D eigenvalue weighted by molar-refractivity contribution is 7.92. The van der Waals surface area contributed by atoms with E-state index in [0.717, 1.165) is 12.1 Å². The lowest BCUT2D eigenvalue weighted by atomic mass is 10.1. The molecule has 2 rings (SSSR count). The van der Waals surface area contributed by atoms with E-state index >= 15 is 0 Å². The normalized spacial score (nSPS) is 11.7. The Kier molecular flexibility index (Phi) is 8.54. The van der Waals surface area contributed by atoms with Crippen LogP contribution >= 0.6 is 0 Å². The molecule has 0 heterocycles. The molecule has 1 amide bonds. The second kappa shape index (κ2) is 10.7. The van der Waals surface area contributed by atoms with Gasteiger partial charge >= 0.3 is 0 Å². The van der Waals surface area contributed by atoms with E-state index in [1.807, 2.05) is 13.8 Å². The van der Waals surface area contributed by atoms with Gasteiger partial charge in [-0.1, -0.05) is 37.8 Å². The van der Waals surface area contributed by atoms with Crippen molar-refractivity contribution in [2.45, 2.75) is 36.5 Å². The van der Waals surface area contributed by atoms with Crippen molar-refractivity contribution < 1.29 is 35.1 Å². The standard InChI is InChI=1S/C21H22F2N2O6S2/c1-14(2)7-8-15-9-10-16(13-17(15)31-12-11-20(22)23)21(26)25-33(29,30)19-6-4-3-5-18(19)32(24,27)28/h3-6,9-10,13-14,20H,11-12H2,1-2H3,(H,25,26)(H2,24,27,28). The minimum atomic E-state index is -4.62. The molecule has 0 saturated carbocycles. The summed E-state index contributed by atoms with van der Waals surface area (Å²) >= 11 is 0. The van der Waals surface area contributed by atoms with Gasteiger partial charge in [0, 0.05) is 17.9 Å². The van der Waals surface area contributed by atoms with Crippen LogP contribution in [0.3, 0.4) is 0 Å². The number of sulfonamides is 2. The number of amides is 1. The van der Waals surface area contributed by atoms with E-state index in [2.05, 4.69) is 11.8 Å². The summed E-state index contributed by atoms with van der Waals surface area (Å²) in [6.07, 6.45) is -3.14. The summed E-state index contributed by atoms with van der Waals surface area (Å²) < 4.78 is 80.8. The number of nitrogens with one attached hydrogen (secondary N) is 1. The highest BCUT2D eigenvalue weighted by Gasteiger charge is 2.26. The zero-order valence-corrected chi connectivity index (χ0v) is 19.3. The largest absolute Gasteiger partial charge is 0.492 e. The number of hydrogen-bond donors (Lipinski definition) is 2. The van der Waals surface area contributed by atoms with Crippen LogP contribution in [-0.2, 0) is 20.0 Å². The molecule has 2 aromatic rings. The van der Waals surface area contributed by atoms with Gasteiger partial charge in [-0.25, -0.2) is 35.5 Å². The summed E-state index contributed by atoms with van der Waals surface area (Å²) in [6, 6.07) is 8.37. The molecule has 0 aliphatic rings. The van der Waals surface area contributed by atoms with E-state index < -0.39 is 48.6 Å². The third kappa shape index (κ3) is 7.52. The molecule has 0 unspecified atom stereocenters. The van der Waals surface area contributed by atoms with Gasteiger partial charge in [-0.2, -0.15) is 0 Å². The average molecular weight is 501 g/mol. The third-order valence-electron chi connectivity index (χ3n) is 4.01. The van der Waals surface area contributed by atoms with Crippen LogP contribution < -0.4 is 14.6 Å². The van der Waals surface area contributed by atoms with Crippen molar-refractivity contribution in [3.63, 3.8) is 0 Å². The number of hydrogen-bond acceptors (Lipinski definition) is 6. The number of nitrogens with two attached hydrogens (primary N) is 1. The fourth-order valence-electron chi connectivity index (χ4n) is 2.51. The molecular formula is C21H22F2N2O6S2. The van der Waals surface area contributed by atoms with E-state index in [-0.39, 0.29) is 23.8 Å². The van der Waals surface area contributed by atoms with Gasteiger partial charge in [-0.05, 0) is 30.3 Å². The second-order valence-corrected chi connectivity index (χ2v) is 10.3. The fourth-order valence-corrected chi connectivity index (χ4v) is 4.87. The van der Waals surface area contributed by atoms with Gasteiger partial charge in [0.2, 0.25) is 16.4 Å². The molecule has 0 aliphatic carbocycles. The lowest BCUT2D eigenvalue weighted by Crippen LogP contribution is -2.32. The predicted octanol–water partition coefficient (Wildman–Crippen LogP) is 2.49. The number of carbonyl (C=O) groups is 1. The first-order valence-corrected chi connectivity index (χ1v) is 12.6. The monoisotopic (exact) mass is 500 g/mol. The molecule has 3 N–H and O–H groups in total. The number of benzene rings is 2. The number of alkyl halides is 2. The van der Waals surface area contributed by atoms with E-state index in [1.54, 1.807) is 4.72 Å². The van der Waals surface area contributed by atoms with Crippen molar-refractivity contribution in [1.29, 1.82) is 0 Å². The van der Waals surface area contributed by atoms with Crippen LogP contribution in [-0.4, -0.2) is 35.8 Å². The van der Waals surface area contributed by atoms with Gasteiger partial charge in [0.05, 0.1) is 12.2 Å². The van der Waals surface area contributed by atoms with Gasteiger partial charge < -0.3 is 4.74 Å². The van der Waals surface area contributed by atoms with Gasteiger partial charge in [-0.3, -0.25) is 4.79 Å². The van der Waals surface area contributed by atoms with E-state index in [4.69, 9.17) is 9.88 Å². The Labute approximate surface area is 191 Å². The van der Waals surface area contributed by atoms with E-state index in [0.29, 0.717) is 5.56 Å². The molecule has 0 fully saturated rings. The van der Waals surface area contributed by atoms with Crippen LogP contribution in [0.15, 0.2) is 52.3 Å². The topological polar surface area (TPSA) is 133 Å². The quantitative estimate of drug-likeness (QED) is 0.535. The smallest absolute Gasteiger partial charge is 0.265 e. The summed E-state index contributed by atoms with van der Waals surface area (Å²) in [5.74, 6) is 4.65. The highest BCUT2D eigenvalue weighted by Crippen LogP contribution is 2.23. The Hall–Kier alpha value is -3.01. The van der Waals surface area contributed by atoms with Gasteiger partial charge in [0.1, 0.15) is 15.5 Å².